The molecule has 4 rings (SSSR count). The molecule has 1 atom stereocenters. The average molecular weight is 367 g/mol. The normalized spacial score (nSPS) is 16.1. The molecule has 25 heavy (non-hydrogen) atoms. The second-order valence-electron chi connectivity index (χ2n) is 5.88. The molecule has 1 unspecified atom stereocenters. The lowest BCUT2D eigenvalue weighted by Gasteiger charge is -2.29. The van der Waals surface area contributed by atoms with Crippen LogP contribution in [0, 0.1) is 0 Å². The Morgan fingerprint density at radius 3 is 2.40 bits per heavy atom. The van der Waals surface area contributed by atoms with Gasteiger partial charge in [0.2, 0.25) is 0 Å². The Kier molecular flexibility index (Phi) is 4.39. The van der Waals surface area contributed by atoms with Crippen LogP contribution in [0.5, 0.6) is 0 Å². The summed E-state index contributed by atoms with van der Waals surface area (Å²) in [6.45, 7) is 0. The minimum absolute atomic E-state index is 0.0761. The Balaban J connectivity index is 1.76. The third-order valence-corrected chi connectivity index (χ3v) is 4.77. The molecule has 0 amide bonds. The number of hydrogen-bond acceptors (Lipinski definition) is 2. The van der Waals surface area contributed by atoms with Crippen molar-refractivity contribution >= 4 is 28.9 Å². The van der Waals surface area contributed by atoms with Crippen LogP contribution in [0.25, 0.3) is 11.1 Å². The highest BCUT2D eigenvalue weighted by molar-refractivity contribution is 6.30. The van der Waals surface area contributed by atoms with Gasteiger partial charge < -0.3 is 5.43 Å². The molecule has 1 aliphatic heterocycles. The van der Waals surface area contributed by atoms with Crippen molar-refractivity contribution < 1.29 is 0 Å². The van der Waals surface area contributed by atoms with E-state index in [9.17, 15) is 0 Å². The number of nitrogens with one attached hydrogen (secondary N) is 1. The maximum Gasteiger partial charge on any atom is 0.0952 e. The molecule has 0 radical (unpaired) electrons. The van der Waals surface area contributed by atoms with Gasteiger partial charge in [0.05, 0.1) is 11.7 Å². The van der Waals surface area contributed by atoms with E-state index in [4.69, 9.17) is 23.2 Å². The molecule has 124 valence electrons. The predicted molar refractivity (Wildman–Crippen MR) is 106 cm³/mol. The van der Waals surface area contributed by atoms with Crippen molar-refractivity contribution in [2.75, 3.05) is 5.01 Å². The van der Waals surface area contributed by atoms with Crippen LogP contribution in [0.4, 0.5) is 5.69 Å². The summed E-state index contributed by atoms with van der Waals surface area (Å²) in [7, 11) is 0. The number of para-hydroxylation sites is 1. The number of nitrogens with zero attached hydrogens (tertiary/aromatic N) is 1. The van der Waals surface area contributed by atoms with Crippen molar-refractivity contribution in [2.45, 2.75) is 6.04 Å². The highest BCUT2D eigenvalue weighted by atomic mass is 35.5. The van der Waals surface area contributed by atoms with E-state index in [-0.39, 0.29) is 6.04 Å². The highest BCUT2D eigenvalue weighted by Crippen LogP contribution is 2.37. The van der Waals surface area contributed by atoms with Crippen molar-refractivity contribution in [2.24, 2.45) is 0 Å². The van der Waals surface area contributed by atoms with Gasteiger partial charge in [-0.25, -0.2) is 0 Å². The molecule has 0 spiro atoms. The van der Waals surface area contributed by atoms with Crippen LogP contribution in [0.2, 0.25) is 10.0 Å². The lowest BCUT2D eigenvalue weighted by atomic mass is 10.0. The molecule has 4 heteroatoms. The molecule has 0 aliphatic carbocycles. The molecule has 0 aromatic heterocycles. The summed E-state index contributed by atoms with van der Waals surface area (Å²) in [5.74, 6) is 0. The van der Waals surface area contributed by atoms with Crippen LogP contribution in [-0.4, -0.2) is 0 Å². The minimum atomic E-state index is 0.0761. The van der Waals surface area contributed by atoms with Crippen molar-refractivity contribution in [3.8, 4) is 11.1 Å². The largest absolute Gasteiger partial charge is 0.305 e. The maximum atomic E-state index is 6.18. The van der Waals surface area contributed by atoms with E-state index in [2.05, 4.69) is 34.7 Å². The van der Waals surface area contributed by atoms with E-state index in [1.807, 2.05) is 60.8 Å². The zero-order valence-electron chi connectivity index (χ0n) is 13.4. The molecule has 0 bridgehead atoms. The SMILES string of the molecule is Clc1ccc(-c2ccccc2N2NC=CC2c2cccc(Cl)c2)cc1. The Morgan fingerprint density at radius 1 is 0.800 bits per heavy atom. The van der Waals surface area contributed by atoms with Crippen LogP contribution in [0.1, 0.15) is 11.6 Å². The molecular formula is C21H16Cl2N2. The van der Waals surface area contributed by atoms with Crippen LogP contribution in [0.15, 0.2) is 85.1 Å². The van der Waals surface area contributed by atoms with E-state index >= 15 is 0 Å². The molecule has 1 heterocycles. The third-order valence-electron chi connectivity index (χ3n) is 4.28. The first-order chi connectivity index (χ1) is 12.2. The molecule has 3 aromatic carbocycles. The van der Waals surface area contributed by atoms with Crippen molar-refractivity contribution in [3.05, 3.63) is 101 Å². The number of hydrogen-bond donors (Lipinski definition) is 1. The van der Waals surface area contributed by atoms with E-state index in [0.29, 0.717) is 0 Å². The number of anilines is 1. The number of halogens is 2. The van der Waals surface area contributed by atoms with Gasteiger partial charge in [-0.3, -0.25) is 5.01 Å². The van der Waals surface area contributed by atoms with E-state index in [1.165, 1.54) is 0 Å². The number of hydrazine groups is 1. The topological polar surface area (TPSA) is 15.3 Å². The van der Waals surface area contributed by atoms with Gasteiger partial charge in [0, 0.05) is 21.8 Å². The Hall–Kier alpha value is -2.42. The van der Waals surface area contributed by atoms with Crippen molar-refractivity contribution in [1.82, 2.24) is 5.43 Å². The first-order valence-electron chi connectivity index (χ1n) is 8.05. The second kappa shape index (κ2) is 6.83. The lowest BCUT2D eigenvalue weighted by Crippen LogP contribution is -2.32. The predicted octanol–water partition coefficient (Wildman–Crippen LogP) is 6.24. The fraction of sp³-hybridized carbons (Fsp3) is 0.0476. The quantitative estimate of drug-likeness (QED) is 0.589. The van der Waals surface area contributed by atoms with Crippen LogP contribution < -0.4 is 10.4 Å². The molecule has 3 aromatic rings. The third kappa shape index (κ3) is 3.23. The van der Waals surface area contributed by atoms with Crippen molar-refractivity contribution in [3.63, 3.8) is 0 Å². The molecule has 0 saturated heterocycles. The van der Waals surface area contributed by atoms with E-state index in [0.717, 1.165) is 32.4 Å². The van der Waals surface area contributed by atoms with E-state index in [1.54, 1.807) is 0 Å². The van der Waals surface area contributed by atoms with Crippen LogP contribution >= 0.6 is 23.2 Å². The summed E-state index contributed by atoms with van der Waals surface area (Å²) in [6, 6.07) is 24.3. The maximum absolute atomic E-state index is 6.18. The van der Waals surface area contributed by atoms with Crippen LogP contribution in [-0.2, 0) is 0 Å². The Morgan fingerprint density at radius 2 is 1.60 bits per heavy atom. The summed E-state index contributed by atoms with van der Waals surface area (Å²) in [5, 5.41) is 3.62. The van der Waals surface area contributed by atoms with Gasteiger partial charge in [0.25, 0.3) is 0 Å². The lowest BCUT2D eigenvalue weighted by molar-refractivity contribution is 0.719. The van der Waals surface area contributed by atoms with Crippen molar-refractivity contribution in [1.29, 1.82) is 0 Å². The number of rotatable bonds is 3. The van der Waals surface area contributed by atoms with Gasteiger partial charge in [-0.2, -0.15) is 0 Å². The summed E-state index contributed by atoms with van der Waals surface area (Å²) in [6.07, 6.45) is 4.09. The standard InChI is InChI=1S/C21H16Cl2N2/c22-17-10-8-15(9-11-17)19-6-1-2-7-21(19)25-20(12-13-24-25)16-4-3-5-18(23)14-16/h1-14,20,24H. The molecule has 1 N–H and O–H groups in total. The zero-order valence-corrected chi connectivity index (χ0v) is 14.9. The van der Waals surface area contributed by atoms with Gasteiger partial charge in [0.15, 0.2) is 0 Å². The van der Waals surface area contributed by atoms with Crippen LogP contribution in [0.3, 0.4) is 0 Å². The monoisotopic (exact) mass is 366 g/mol. The summed E-state index contributed by atoms with van der Waals surface area (Å²) < 4.78 is 0. The van der Waals surface area contributed by atoms with Gasteiger partial charge in [-0.1, -0.05) is 65.7 Å². The fourth-order valence-corrected chi connectivity index (χ4v) is 3.43. The average Bonchev–Trinajstić information content (AvgIpc) is 3.12. The smallest absolute Gasteiger partial charge is 0.0952 e. The Bertz CT molecular complexity index is 919. The molecule has 0 fully saturated rings. The summed E-state index contributed by atoms with van der Waals surface area (Å²) >= 11 is 12.2. The Labute approximate surface area is 157 Å². The van der Waals surface area contributed by atoms with Gasteiger partial charge >= 0.3 is 0 Å². The molecule has 2 nitrogen and oxygen atoms in total. The molecular weight excluding hydrogens is 351 g/mol. The zero-order chi connectivity index (χ0) is 17.2. The minimum Gasteiger partial charge on any atom is -0.305 e. The van der Waals surface area contributed by atoms with Gasteiger partial charge in [-0.05, 0) is 47.5 Å². The fourth-order valence-electron chi connectivity index (χ4n) is 3.11. The van der Waals surface area contributed by atoms with Gasteiger partial charge in [0.1, 0.15) is 0 Å². The van der Waals surface area contributed by atoms with E-state index < -0.39 is 0 Å². The summed E-state index contributed by atoms with van der Waals surface area (Å²) in [4.78, 5) is 0. The first kappa shape index (κ1) is 16.1. The summed E-state index contributed by atoms with van der Waals surface area (Å²) in [5.41, 5.74) is 7.85. The molecule has 1 aliphatic rings. The van der Waals surface area contributed by atoms with Gasteiger partial charge in [-0.15, -0.1) is 0 Å². The first-order valence-corrected chi connectivity index (χ1v) is 8.80. The highest BCUT2D eigenvalue weighted by Gasteiger charge is 2.24. The number of benzene rings is 3. The molecule has 0 saturated carbocycles. The second-order valence-corrected chi connectivity index (χ2v) is 6.75.